The molecule has 0 radical (unpaired) electrons. The Morgan fingerprint density at radius 2 is 1.96 bits per heavy atom. The van der Waals surface area contributed by atoms with Gasteiger partial charge in [0.25, 0.3) is 10.0 Å². The van der Waals surface area contributed by atoms with Crippen molar-refractivity contribution in [3.05, 3.63) is 52.9 Å². The Labute approximate surface area is 144 Å². The third kappa shape index (κ3) is 2.53. The minimum Gasteiger partial charge on any atom is -0.480 e. The van der Waals surface area contributed by atoms with Crippen LogP contribution >= 0.6 is 11.3 Å². The normalized spacial score (nSPS) is 25.8. The molecule has 1 fully saturated rings. The van der Waals surface area contributed by atoms with Gasteiger partial charge in [0, 0.05) is 5.92 Å². The lowest BCUT2D eigenvalue weighted by Crippen LogP contribution is -2.45. The number of aliphatic carboxylic acids is 1. The van der Waals surface area contributed by atoms with Gasteiger partial charge in [0.15, 0.2) is 0 Å². The number of carboxylic acid groups (broad SMARTS) is 1. The molecular weight excluding hydrogens is 346 g/mol. The fourth-order valence-electron chi connectivity index (χ4n) is 3.12. The second-order valence-electron chi connectivity index (χ2n) is 5.72. The predicted molar refractivity (Wildman–Crippen MR) is 91.3 cm³/mol. The summed E-state index contributed by atoms with van der Waals surface area (Å²) in [4.78, 5) is 12.4. The largest absolute Gasteiger partial charge is 0.480 e. The molecule has 1 aromatic heterocycles. The highest BCUT2D eigenvalue weighted by Gasteiger charge is 2.70. The summed E-state index contributed by atoms with van der Waals surface area (Å²) in [5.74, 6) is 0.414. The van der Waals surface area contributed by atoms with Gasteiger partial charge < -0.3 is 5.11 Å². The Kier molecular flexibility index (Phi) is 4.00. The van der Waals surface area contributed by atoms with E-state index < -0.39 is 27.4 Å². The van der Waals surface area contributed by atoms with Crippen LogP contribution in [-0.4, -0.2) is 25.0 Å². The van der Waals surface area contributed by atoms with Gasteiger partial charge in [-0.1, -0.05) is 43.2 Å². The number of thiophene rings is 1. The maximum absolute atomic E-state index is 12.6. The molecule has 0 bridgehead atoms. The van der Waals surface area contributed by atoms with E-state index in [4.69, 9.17) is 6.42 Å². The van der Waals surface area contributed by atoms with Gasteiger partial charge in [0.05, 0.1) is 4.88 Å². The zero-order chi connectivity index (χ0) is 17.5. The maximum Gasteiger partial charge on any atom is 0.325 e. The van der Waals surface area contributed by atoms with Crippen LogP contribution in [0.4, 0.5) is 0 Å². The van der Waals surface area contributed by atoms with Gasteiger partial charge in [-0.25, -0.2) is 8.42 Å². The summed E-state index contributed by atoms with van der Waals surface area (Å²) in [5.41, 5.74) is -0.744. The van der Waals surface area contributed by atoms with Crippen molar-refractivity contribution in [2.45, 2.75) is 22.6 Å². The first kappa shape index (κ1) is 16.7. The van der Waals surface area contributed by atoms with Crippen LogP contribution in [0.3, 0.4) is 0 Å². The van der Waals surface area contributed by atoms with Crippen LogP contribution in [-0.2, 0) is 14.8 Å². The first-order valence-corrected chi connectivity index (χ1v) is 9.51. The molecule has 1 aliphatic carbocycles. The van der Waals surface area contributed by atoms with Crippen LogP contribution in [0, 0.1) is 18.3 Å². The van der Waals surface area contributed by atoms with Crippen LogP contribution in [0.25, 0.3) is 0 Å². The van der Waals surface area contributed by atoms with E-state index in [0.717, 1.165) is 16.9 Å². The summed E-state index contributed by atoms with van der Waals surface area (Å²) < 4.78 is 27.6. The molecule has 0 spiro atoms. The highest BCUT2D eigenvalue weighted by atomic mass is 32.2. The molecule has 24 heavy (non-hydrogen) atoms. The monoisotopic (exact) mass is 361 g/mol. The molecule has 3 rings (SSSR count). The van der Waals surface area contributed by atoms with Crippen LogP contribution in [0.2, 0.25) is 0 Å². The lowest BCUT2D eigenvalue weighted by molar-refractivity contribution is -0.140. The molecule has 0 saturated heterocycles. The Balaban J connectivity index is 1.96. The van der Waals surface area contributed by atoms with Crippen molar-refractivity contribution >= 4 is 27.3 Å². The molecule has 1 heterocycles. The third-order valence-electron chi connectivity index (χ3n) is 4.40. The lowest BCUT2D eigenvalue weighted by Gasteiger charge is -2.15. The zero-order valence-corrected chi connectivity index (χ0v) is 14.4. The first-order valence-electron chi connectivity index (χ1n) is 7.21. The number of benzene rings is 1. The number of terminal acetylenes is 1. The van der Waals surface area contributed by atoms with Crippen molar-refractivity contribution in [1.82, 2.24) is 4.72 Å². The van der Waals surface area contributed by atoms with Gasteiger partial charge in [0.2, 0.25) is 0 Å². The van der Waals surface area contributed by atoms with Crippen molar-refractivity contribution in [2.24, 2.45) is 5.92 Å². The topological polar surface area (TPSA) is 83.5 Å². The lowest BCUT2D eigenvalue weighted by atomic mass is 10.1. The highest BCUT2D eigenvalue weighted by Crippen LogP contribution is 2.58. The zero-order valence-electron chi connectivity index (χ0n) is 12.8. The predicted octanol–water partition coefficient (Wildman–Crippen LogP) is 2.26. The molecule has 5 nitrogen and oxygen atoms in total. The molecule has 7 heteroatoms. The van der Waals surface area contributed by atoms with E-state index in [1.54, 1.807) is 19.1 Å². The molecule has 1 aliphatic rings. The Hall–Kier alpha value is -2.14. The second kappa shape index (κ2) is 5.74. The number of hydrogen-bond donors (Lipinski definition) is 2. The summed E-state index contributed by atoms with van der Waals surface area (Å²) in [6, 6.07) is 12.0. The second-order valence-corrected chi connectivity index (χ2v) is 8.71. The summed E-state index contributed by atoms with van der Waals surface area (Å²) in [6.45, 7) is 1.73. The highest BCUT2D eigenvalue weighted by molar-refractivity contribution is 7.91. The van der Waals surface area contributed by atoms with E-state index in [0.29, 0.717) is 4.88 Å². The van der Waals surface area contributed by atoms with Crippen molar-refractivity contribution < 1.29 is 18.3 Å². The van der Waals surface area contributed by atoms with E-state index >= 15 is 0 Å². The molecule has 0 amide bonds. The van der Waals surface area contributed by atoms with Crippen LogP contribution in [0.15, 0.2) is 46.7 Å². The van der Waals surface area contributed by atoms with Crippen LogP contribution in [0.1, 0.15) is 23.3 Å². The Morgan fingerprint density at radius 1 is 1.29 bits per heavy atom. The summed E-state index contributed by atoms with van der Waals surface area (Å²) in [6.07, 6.45) is 5.27. The third-order valence-corrected chi connectivity index (χ3v) is 7.40. The van der Waals surface area contributed by atoms with Crippen molar-refractivity contribution in [2.75, 3.05) is 0 Å². The van der Waals surface area contributed by atoms with Gasteiger partial charge in [-0.2, -0.15) is 4.72 Å². The number of nitrogens with one attached hydrogen (secondary N) is 1. The van der Waals surface area contributed by atoms with E-state index in [2.05, 4.69) is 10.6 Å². The van der Waals surface area contributed by atoms with Crippen molar-refractivity contribution in [3.8, 4) is 12.3 Å². The molecule has 0 unspecified atom stereocenters. The number of carboxylic acids is 1. The molecular formula is C17H15NO4S2. The molecule has 3 atom stereocenters. The SMILES string of the molecule is C#Cc1ccc(S(=O)(=O)N[C@@]2(C(=O)O)[C@H](C)[C@@H]2c2ccccc2)s1. The minimum atomic E-state index is -3.97. The van der Waals surface area contributed by atoms with Crippen LogP contribution < -0.4 is 4.72 Å². The van der Waals surface area contributed by atoms with E-state index in [1.165, 1.54) is 12.1 Å². The standard InChI is InChI=1S/C17H15NO4S2/c1-3-13-9-10-14(23-13)24(21,22)18-17(16(19)20)11(2)15(17)12-7-5-4-6-8-12/h1,4-11,15,18H,2H3,(H,19,20)/t11-,15-,17+/m1/s1. The van der Waals surface area contributed by atoms with Gasteiger partial charge in [0.1, 0.15) is 9.75 Å². The van der Waals surface area contributed by atoms with E-state index in [1.807, 2.05) is 18.2 Å². The van der Waals surface area contributed by atoms with Gasteiger partial charge in [-0.15, -0.1) is 17.8 Å². The molecule has 1 saturated carbocycles. The van der Waals surface area contributed by atoms with Crippen LogP contribution in [0.5, 0.6) is 0 Å². The fourth-order valence-corrected chi connectivity index (χ4v) is 5.69. The molecule has 2 N–H and O–H groups in total. The number of hydrogen-bond acceptors (Lipinski definition) is 4. The Bertz CT molecular complexity index is 927. The average molecular weight is 361 g/mol. The fraction of sp³-hybridized carbons (Fsp3) is 0.235. The summed E-state index contributed by atoms with van der Waals surface area (Å²) >= 11 is 0.939. The van der Waals surface area contributed by atoms with E-state index in [-0.39, 0.29) is 10.1 Å². The molecule has 2 aromatic rings. The number of carbonyl (C=O) groups is 1. The summed E-state index contributed by atoms with van der Waals surface area (Å²) in [5, 5.41) is 9.71. The quantitative estimate of drug-likeness (QED) is 0.800. The Morgan fingerprint density at radius 3 is 2.50 bits per heavy atom. The van der Waals surface area contributed by atoms with Gasteiger partial charge >= 0.3 is 5.97 Å². The number of sulfonamides is 1. The van der Waals surface area contributed by atoms with E-state index in [9.17, 15) is 18.3 Å². The van der Waals surface area contributed by atoms with Crippen molar-refractivity contribution in [3.63, 3.8) is 0 Å². The molecule has 0 aliphatic heterocycles. The average Bonchev–Trinajstić information content (AvgIpc) is 2.93. The number of rotatable bonds is 5. The summed E-state index contributed by atoms with van der Waals surface area (Å²) in [7, 11) is -3.97. The van der Waals surface area contributed by atoms with Crippen molar-refractivity contribution in [1.29, 1.82) is 0 Å². The smallest absolute Gasteiger partial charge is 0.325 e. The van der Waals surface area contributed by atoms with Gasteiger partial charge in [-0.05, 0) is 23.6 Å². The first-order chi connectivity index (χ1) is 11.3. The minimum absolute atomic E-state index is 0.0157. The molecule has 1 aromatic carbocycles. The maximum atomic E-state index is 12.6. The molecule has 124 valence electrons. The van der Waals surface area contributed by atoms with Gasteiger partial charge in [-0.3, -0.25) is 4.79 Å².